The van der Waals surface area contributed by atoms with Crippen molar-refractivity contribution in [2.45, 2.75) is 6.42 Å². The van der Waals surface area contributed by atoms with E-state index in [1.807, 2.05) is 0 Å². The van der Waals surface area contributed by atoms with Crippen molar-refractivity contribution in [1.29, 1.82) is 0 Å². The van der Waals surface area contributed by atoms with E-state index >= 15 is 0 Å². The minimum atomic E-state index is 0.702. The first kappa shape index (κ1) is 10.3. The Morgan fingerprint density at radius 1 is 1.47 bits per heavy atom. The molecule has 82 valence electrons. The number of nitrogens with two attached hydrogens (primary N) is 1. The highest BCUT2D eigenvalue weighted by Crippen LogP contribution is 2.30. The summed E-state index contributed by atoms with van der Waals surface area (Å²) in [7, 11) is 4.24. The molecule has 2 rings (SSSR count). The van der Waals surface area contributed by atoms with Crippen molar-refractivity contribution >= 4 is 11.4 Å². The SMILES string of the molecule is CN(CCN)c1ccc2c(c1)CCN2C. The minimum absolute atomic E-state index is 0.702. The van der Waals surface area contributed by atoms with E-state index < -0.39 is 0 Å². The largest absolute Gasteiger partial charge is 0.374 e. The van der Waals surface area contributed by atoms with Crippen LogP contribution in [0.3, 0.4) is 0 Å². The minimum Gasteiger partial charge on any atom is -0.374 e. The van der Waals surface area contributed by atoms with E-state index in [-0.39, 0.29) is 0 Å². The number of benzene rings is 1. The standard InChI is InChI=1S/C12H19N3/c1-14(8-6-13)11-3-4-12-10(9-11)5-7-15(12)2/h3-4,9H,5-8,13H2,1-2H3. The molecule has 0 unspecified atom stereocenters. The van der Waals surface area contributed by atoms with Crippen LogP contribution in [0.4, 0.5) is 11.4 Å². The fourth-order valence-corrected chi connectivity index (χ4v) is 2.11. The molecule has 1 aliphatic heterocycles. The fraction of sp³-hybridized carbons (Fsp3) is 0.500. The van der Waals surface area contributed by atoms with Gasteiger partial charge in [-0.1, -0.05) is 0 Å². The number of anilines is 2. The second kappa shape index (κ2) is 4.11. The molecule has 0 atom stereocenters. The highest BCUT2D eigenvalue weighted by molar-refractivity contribution is 5.64. The summed E-state index contributed by atoms with van der Waals surface area (Å²) in [4.78, 5) is 4.51. The third-order valence-electron chi connectivity index (χ3n) is 3.10. The maximum Gasteiger partial charge on any atom is 0.0398 e. The molecule has 15 heavy (non-hydrogen) atoms. The average Bonchev–Trinajstić information content (AvgIpc) is 2.60. The zero-order valence-electron chi connectivity index (χ0n) is 9.53. The van der Waals surface area contributed by atoms with Crippen molar-refractivity contribution in [3.8, 4) is 0 Å². The van der Waals surface area contributed by atoms with Crippen LogP contribution in [0.25, 0.3) is 0 Å². The van der Waals surface area contributed by atoms with Gasteiger partial charge in [0.05, 0.1) is 0 Å². The molecule has 0 fully saturated rings. The van der Waals surface area contributed by atoms with Gasteiger partial charge in [-0.2, -0.15) is 0 Å². The molecule has 1 aromatic rings. The number of rotatable bonds is 3. The Morgan fingerprint density at radius 2 is 2.27 bits per heavy atom. The summed E-state index contributed by atoms with van der Waals surface area (Å²) in [6.07, 6.45) is 1.16. The molecule has 0 saturated carbocycles. The quantitative estimate of drug-likeness (QED) is 0.801. The van der Waals surface area contributed by atoms with Crippen LogP contribution in [-0.4, -0.2) is 33.7 Å². The molecule has 3 nitrogen and oxygen atoms in total. The van der Waals surface area contributed by atoms with Gasteiger partial charge in [-0.25, -0.2) is 0 Å². The lowest BCUT2D eigenvalue weighted by Crippen LogP contribution is -2.24. The topological polar surface area (TPSA) is 32.5 Å². The van der Waals surface area contributed by atoms with Gasteiger partial charge in [0, 0.05) is 45.1 Å². The average molecular weight is 205 g/mol. The molecule has 0 radical (unpaired) electrons. The van der Waals surface area contributed by atoms with Gasteiger partial charge in [-0.3, -0.25) is 0 Å². The fourth-order valence-electron chi connectivity index (χ4n) is 2.11. The predicted octanol–water partition coefficient (Wildman–Crippen LogP) is 1.07. The van der Waals surface area contributed by atoms with Crippen LogP contribution in [0, 0.1) is 0 Å². The number of fused-ring (bicyclic) bond motifs is 1. The molecule has 3 heteroatoms. The lowest BCUT2D eigenvalue weighted by atomic mass is 10.1. The molecular formula is C12H19N3. The van der Waals surface area contributed by atoms with E-state index in [0.29, 0.717) is 6.54 Å². The molecule has 2 N–H and O–H groups in total. The Kier molecular flexibility index (Phi) is 2.82. The van der Waals surface area contributed by atoms with E-state index in [0.717, 1.165) is 19.5 Å². The van der Waals surface area contributed by atoms with Crippen LogP contribution in [0.2, 0.25) is 0 Å². The highest BCUT2D eigenvalue weighted by Gasteiger charge is 2.16. The second-order valence-corrected chi connectivity index (χ2v) is 4.19. The Balaban J connectivity index is 2.23. The summed E-state index contributed by atoms with van der Waals surface area (Å²) in [5.41, 5.74) is 9.66. The van der Waals surface area contributed by atoms with Gasteiger partial charge in [0.2, 0.25) is 0 Å². The molecule has 1 aromatic carbocycles. The second-order valence-electron chi connectivity index (χ2n) is 4.19. The van der Waals surface area contributed by atoms with Gasteiger partial charge in [0.1, 0.15) is 0 Å². The zero-order valence-corrected chi connectivity index (χ0v) is 9.53. The van der Waals surface area contributed by atoms with Crippen LogP contribution in [0.1, 0.15) is 5.56 Å². The maximum absolute atomic E-state index is 5.55. The van der Waals surface area contributed by atoms with Crippen molar-refractivity contribution in [3.05, 3.63) is 23.8 Å². The molecule has 0 spiro atoms. The summed E-state index contributed by atoms with van der Waals surface area (Å²) < 4.78 is 0. The third-order valence-corrected chi connectivity index (χ3v) is 3.10. The number of likely N-dealkylation sites (N-methyl/N-ethyl adjacent to an activating group) is 2. The van der Waals surface area contributed by atoms with E-state index in [9.17, 15) is 0 Å². The Morgan fingerprint density at radius 3 is 3.00 bits per heavy atom. The monoisotopic (exact) mass is 205 g/mol. The van der Waals surface area contributed by atoms with Crippen molar-refractivity contribution < 1.29 is 0 Å². The summed E-state index contributed by atoms with van der Waals surface area (Å²) in [5, 5.41) is 0. The van der Waals surface area contributed by atoms with Gasteiger partial charge in [-0.15, -0.1) is 0 Å². The Labute approximate surface area is 91.5 Å². The number of hydrogen-bond donors (Lipinski definition) is 1. The van der Waals surface area contributed by atoms with Crippen LogP contribution in [0.5, 0.6) is 0 Å². The van der Waals surface area contributed by atoms with Gasteiger partial charge in [-0.05, 0) is 30.2 Å². The summed E-state index contributed by atoms with van der Waals surface area (Å²) in [6.45, 7) is 2.75. The summed E-state index contributed by atoms with van der Waals surface area (Å²) in [5.74, 6) is 0. The van der Waals surface area contributed by atoms with Gasteiger partial charge >= 0.3 is 0 Å². The molecule has 0 amide bonds. The van der Waals surface area contributed by atoms with Crippen molar-refractivity contribution in [2.75, 3.05) is 43.5 Å². The van der Waals surface area contributed by atoms with Crippen molar-refractivity contribution in [1.82, 2.24) is 0 Å². The van der Waals surface area contributed by atoms with Crippen LogP contribution in [-0.2, 0) is 6.42 Å². The summed E-state index contributed by atoms with van der Waals surface area (Å²) in [6, 6.07) is 6.68. The zero-order chi connectivity index (χ0) is 10.8. The maximum atomic E-state index is 5.55. The van der Waals surface area contributed by atoms with Crippen molar-refractivity contribution in [3.63, 3.8) is 0 Å². The normalized spacial score (nSPS) is 14.2. The molecule has 0 bridgehead atoms. The highest BCUT2D eigenvalue weighted by atomic mass is 15.1. The predicted molar refractivity (Wildman–Crippen MR) is 65.7 cm³/mol. The molecular weight excluding hydrogens is 186 g/mol. The van der Waals surface area contributed by atoms with E-state index in [2.05, 4.69) is 42.1 Å². The van der Waals surface area contributed by atoms with Crippen molar-refractivity contribution in [2.24, 2.45) is 5.73 Å². The lowest BCUT2D eigenvalue weighted by Gasteiger charge is -2.20. The van der Waals surface area contributed by atoms with E-state index in [4.69, 9.17) is 5.73 Å². The molecule has 0 saturated heterocycles. The first-order valence-corrected chi connectivity index (χ1v) is 5.47. The van der Waals surface area contributed by atoms with Gasteiger partial charge < -0.3 is 15.5 Å². The van der Waals surface area contributed by atoms with Crippen LogP contribution < -0.4 is 15.5 Å². The van der Waals surface area contributed by atoms with Crippen LogP contribution in [0.15, 0.2) is 18.2 Å². The molecule has 0 aliphatic carbocycles. The van der Waals surface area contributed by atoms with Gasteiger partial charge in [0.25, 0.3) is 0 Å². The Bertz CT molecular complexity index is 349. The summed E-state index contributed by atoms with van der Waals surface area (Å²) >= 11 is 0. The number of nitrogens with zero attached hydrogens (tertiary/aromatic N) is 2. The number of hydrogen-bond acceptors (Lipinski definition) is 3. The molecule has 1 heterocycles. The molecule has 1 aliphatic rings. The first-order valence-electron chi connectivity index (χ1n) is 5.47. The van der Waals surface area contributed by atoms with Gasteiger partial charge in [0.15, 0.2) is 0 Å². The Hall–Kier alpha value is -1.22. The third kappa shape index (κ3) is 1.92. The van der Waals surface area contributed by atoms with E-state index in [1.54, 1.807) is 0 Å². The molecule has 0 aromatic heterocycles. The first-order chi connectivity index (χ1) is 7.22. The van der Waals surface area contributed by atoms with E-state index in [1.165, 1.54) is 16.9 Å². The van der Waals surface area contributed by atoms with Crippen LogP contribution >= 0.6 is 0 Å². The smallest absolute Gasteiger partial charge is 0.0398 e. The lowest BCUT2D eigenvalue weighted by molar-refractivity contribution is 0.885.